The molecule has 0 radical (unpaired) electrons. The molecular weight excluding hydrogens is 289 g/mol. The van der Waals surface area contributed by atoms with Gasteiger partial charge in [-0.3, -0.25) is 0 Å². The fourth-order valence-electron chi connectivity index (χ4n) is 2.41. The summed E-state index contributed by atoms with van der Waals surface area (Å²) < 4.78 is 0. The molecule has 0 amide bonds. The summed E-state index contributed by atoms with van der Waals surface area (Å²) in [5.74, 6) is 0. The summed E-state index contributed by atoms with van der Waals surface area (Å²) in [7, 11) is 0. The molecule has 1 nitrogen and oxygen atoms in total. The molecule has 0 unspecified atom stereocenters. The summed E-state index contributed by atoms with van der Waals surface area (Å²) in [6.07, 6.45) is 0. The van der Waals surface area contributed by atoms with Crippen molar-refractivity contribution in [2.75, 3.05) is 0 Å². The summed E-state index contributed by atoms with van der Waals surface area (Å²) in [4.78, 5) is 0. The second kappa shape index (κ2) is 5.45. The molecule has 0 aliphatic rings. The molecule has 0 spiro atoms. The van der Waals surface area contributed by atoms with Crippen LogP contribution in [0.5, 0.6) is 0 Å². The van der Waals surface area contributed by atoms with Crippen LogP contribution >= 0.6 is 23.2 Å². The van der Waals surface area contributed by atoms with Gasteiger partial charge in [-0.05, 0) is 40.3 Å². The normalized spacial score (nSPS) is 10.9. The van der Waals surface area contributed by atoms with E-state index in [9.17, 15) is 0 Å². The minimum Gasteiger partial charge on any atom is -0.326 e. The van der Waals surface area contributed by atoms with Crippen LogP contribution in [0.2, 0.25) is 10.0 Å². The maximum atomic E-state index is 6.26. The van der Waals surface area contributed by atoms with Crippen LogP contribution in [0.4, 0.5) is 0 Å². The van der Waals surface area contributed by atoms with Gasteiger partial charge in [0.05, 0.1) is 0 Å². The van der Waals surface area contributed by atoms with Gasteiger partial charge in [0.15, 0.2) is 0 Å². The Morgan fingerprint density at radius 1 is 0.800 bits per heavy atom. The van der Waals surface area contributed by atoms with Crippen LogP contribution in [0.25, 0.3) is 21.9 Å². The predicted octanol–water partition coefficient (Wildman–Crippen LogP) is 5.27. The standard InChI is InChI=1S/C17H13Cl2N/c18-16-7-5-11(9-12(16)10-20)13-6-8-17(19)15-4-2-1-3-14(13)15/h1-9H,10,20H2. The lowest BCUT2D eigenvalue weighted by atomic mass is 9.97. The highest BCUT2D eigenvalue weighted by Gasteiger charge is 2.08. The Kier molecular flexibility index (Phi) is 3.66. The Bertz CT molecular complexity index is 781. The number of hydrogen-bond donors (Lipinski definition) is 1. The molecule has 0 saturated heterocycles. The van der Waals surface area contributed by atoms with Gasteiger partial charge < -0.3 is 5.73 Å². The Morgan fingerprint density at radius 3 is 2.25 bits per heavy atom. The molecule has 3 rings (SSSR count). The van der Waals surface area contributed by atoms with Crippen molar-refractivity contribution >= 4 is 34.0 Å². The lowest BCUT2D eigenvalue weighted by Gasteiger charge is -2.10. The van der Waals surface area contributed by atoms with E-state index < -0.39 is 0 Å². The molecule has 0 fully saturated rings. The highest BCUT2D eigenvalue weighted by molar-refractivity contribution is 6.36. The van der Waals surface area contributed by atoms with Crippen molar-refractivity contribution in [1.29, 1.82) is 0 Å². The van der Waals surface area contributed by atoms with E-state index in [0.29, 0.717) is 11.6 Å². The van der Waals surface area contributed by atoms with Crippen LogP contribution in [0.3, 0.4) is 0 Å². The second-order valence-corrected chi connectivity index (χ2v) is 5.47. The van der Waals surface area contributed by atoms with Gasteiger partial charge in [0, 0.05) is 22.0 Å². The molecule has 0 aliphatic heterocycles. The monoisotopic (exact) mass is 301 g/mol. The minimum absolute atomic E-state index is 0.429. The quantitative estimate of drug-likeness (QED) is 0.685. The summed E-state index contributed by atoms with van der Waals surface area (Å²) in [6, 6.07) is 18.0. The first kappa shape index (κ1) is 13.4. The summed E-state index contributed by atoms with van der Waals surface area (Å²) in [5, 5.41) is 3.65. The average Bonchev–Trinajstić information content (AvgIpc) is 2.49. The van der Waals surface area contributed by atoms with Gasteiger partial charge in [-0.15, -0.1) is 0 Å². The Balaban J connectivity index is 2.27. The zero-order valence-electron chi connectivity index (χ0n) is 10.7. The molecule has 0 heterocycles. The van der Waals surface area contributed by atoms with E-state index in [1.807, 2.05) is 48.5 Å². The molecule has 0 aromatic heterocycles. The lowest BCUT2D eigenvalue weighted by Crippen LogP contribution is -1.97. The fourth-order valence-corrected chi connectivity index (χ4v) is 2.84. The number of rotatable bonds is 2. The van der Waals surface area contributed by atoms with Crippen molar-refractivity contribution < 1.29 is 0 Å². The smallest absolute Gasteiger partial charge is 0.0484 e. The van der Waals surface area contributed by atoms with Crippen LogP contribution in [-0.4, -0.2) is 0 Å². The minimum atomic E-state index is 0.429. The van der Waals surface area contributed by atoms with Gasteiger partial charge in [0.2, 0.25) is 0 Å². The number of hydrogen-bond acceptors (Lipinski definition) is 1. The zero-order valence-corrected chi connectivity index (χ0v) is 12.2. The molecule has 3 aromatic carbocycles. The molecule has 2 N–H and O–H groups in total. The van der Waals surface area contributed by atoms with Crippen LogP contribution < -0.4 is 5.73 Å². The first-order valence-electron chi connectivity index (χ1n) is 6.37. The molecule has 0 aliphatic carbocycles. The molecule has 0 atom stereocenters. The molecular formula is C17H13Cl2N. The lowest BCUT2D eigenvalue weighted by molar-refractivity contribution is 1.07. The number of halogens is 2. The maximum absolute atomic E-state index is 6.26. The highest BCUT2D eigenvalue weighted by atomic mass is 35.5. The number of nitrogens with two attached hydrogens (primary N) is 1. The summed E-state index contributed by atoms with van der Waals surface area (Å²) in [6.45, 7) is 0.429. The van der Waals surface area contributed by atoms with Gasteiger partial charge in [-0.2, -0.15) is 0 Å². The van der Waals surface area contributed by atoms with Crippen molar-refractivity contribution in [1.82, 2.24) is 0 Å². The first-order valence-corrected chi connectivity index (χ1v) is 7.12. The third kappa shape index (κ3) is 2.29. The van der Waals surface area contributed by atoms with E-state index in [1.165, 1.54) is 0 Å². The predicted molar refractivity (Wildman–Crippen MR) is 87.3 cm³/mol. The van der Waals surface area contributed by atoms with E-state index in [-0.39, 0.29) is 0 Å². The summed E-state index contributed by atoms with van der Waals surface area (Å²) in [5.41, 5.74) is 8.91. The van der Waals surface area contributed by atoms with Crippen LogP contribution in [0.15, 0.2) is 54.6 Å². The maximum Gasteiger partial charge on any atom is 0.0484 e. The van der Waals surface area contributed by atoms with E-state index in [1.54, 1.807) is 0 Å². The van der Waals surface area contributed by atoms with E-state index in [0.717, 1.165) is 32.5 Å². The van der Waals surface area contributed by atoms with Gasteiger partial charge in [0.25, 0.3) is 0 Å². The fraction of sp³-hybridized carbons (Fsp3) is 0.0588. The average molecular weight is 302 g/mol. The van der Waals surface area contributed by atoms with Gasteiger partial charge in [-0.1, -0.05) is 59.6 Å². The van der Waals surface area contributed by atoms with Crippen LogP contribution in [0.1, 0.15) is 5.56 Å². The largest absolute Gasteiger partial charge is 0.326 e. The number of benzene rings is 3. The van der Waals surface area contributed by atoms with Gasteiger partial charge in [0.1, 0.15) is 0 Å². The zero-order chi connectivity index (χ0) is 14.1. The molecule has 0 bridgehead atoms. The third-order valence-corrected chi connectivity index (χ3v) is 4.15. The Labute approximate surface area is 127 Å². The molecule has 0 saturated carbocycles. The van der Waals surface area contributed by atoms with Crippen LogP contribution in [-0.2, 0) is 6.54 Å². The van der Waals surface area contributed by atoms with Crippen LogP contribution in [0, 0.1) is 0 Å². The third-order valence-electron chi connectivity index (χ3n) is 3.45. The van der Waals surface area contributed by atoms with Gasteiger partial charge in [-0.25, -0.2) is 0 Å². The van der Waals surface area contributed by atoms with E-state index in [2.05, 4.69) is 6.07 Å². The Hall–Kier alpha value is -1.54. The van der Waals surface area contributed by atoms with Gasteiger partial charge >= 0.3 is 0 Å². The first-order chi connectivity index (χ1) is 9.70. The van der Waals surface area contributed by atoms with Crippen molar-refractivity contribution in [2.24, 2.45) is 5.73 Å². The summed E-state index contributed by atoms with van der Waals surface area (Å²) >= 11 is 12.4. The van der Waals surface area contributed by atoms with Crippen molar-refractivity contribution in [2.45, 2.75) is 6.54 Å². The molecule has 3 heteroatoms. The van der Waals surface area contributed by atoms with E-state index >= 15 is 0 Å². The SMILES string of the molecule is NCc1cc(-c2ccc(Cl)c3ccccc23)ccc1Cl. The number of fused-ring (bicyclic) bond motifs is 1. The van der Waals surface area contributed by atoms with Crippen molar-refractivity contribution in [3.05, 3.63) is 70.2 Å². The van der Waals surface area contributed by atoms with E-state index in [4.69, 9.17) is 28.9 Å². The second-order valence-electron chi connectivity index (χ2n) is 4.65. The highest BCUT2D eigenvalue weighted by Crippen LogP contribution is 2.34. The Morgan fingerprint density at radius 2 is 1.50 bits per heavy atom. The molecule has 100 valence electrons. The van der Waals surface area contributed by atoms with Crippen molar-refractivity contribution in [3.8, 4) is 11.1 Å². The molecule has 20 heavy (non-hydrogen) atoms. The topological polar surface area (TPSA) is 26.0 Å². The molecule has 3 aromatic rings. The van der Waals surface area contributed by atoms with Crippen molar-refractivity contribution in [3.63, 3.8) is 0 Å².